The fourth-order valence-electron chi connectivity index (χ4n) is 2.86. The van der Waals surface area contributed by atoms with E-state index in [9.17, 15) is 39.6 Å². The molecule has 2 aromatic rings. The molecule has 4 N–H and O–H groups in total. The standard InChI is InChI=1S/C20H22N2O12/c23-13-3-4-14(24)21(13)33-19(29)9-7-17(27)31-11-1-2-12(11)32-18(28)8-10-20(30)34-22-15(25)5-6-16(22)26/h3-6,11-12,23-26H,1-2,7-10H2. The number of aromatic nitrogens is 2. The van der Waals surface area contributed by atoms with Crippen LogP contribution in [0.15, 0.2) is 24.3 Å². The van der Waals surface area contributed by atoms with Gasteiger partial charge in [-0.25, -0.2) is 9.59 Å². The number of aromatic hydroxyl groups is 4. The molecule has 184 valence electrons. The molecule has 0 amide bonds. The molecule has 0 radical (unpaired) electrons. The highest BCUT2D eigenvalue weighted by molar-refractivity contribution is 5.79. The van der Waals surface area contributed by atoms with Gasteiger partial charge in [-0.1, -0.05) is 0 Å². The van der Waals surface area contributed by atoms with Crippen LogP contribution in [0, 0.1) is 0 Å². The molecule has 1 aliphatic rings. The zero-order valence-electron chi connectivity index (χ0n) is 17.7. The molecule has 0 aromatic carbocycles. The van der Waals surface area contributed by atoms with Gasteiger partial charge in [0, 0.05) is 24.3 Å². The summed E-state index contributed by atoms with van der Waals surface area (Å²) in [4.78, 5) is 56.8. The normalized spacial score (nSPS) is 16.8. The predicted molar refractivity (Wildman–Crippen MR) is 106 cm³/mol. The third-order valence-corrected chi connectivity index (χ3v) is 4.76. The molecular weight excluding hydrogens is 460 g/mol. The molecule has 2 heterocycles. The number of ether oxygens (including phenoxy) is 2. The van der Waals surface area contributed by atoms with Gasteiger partial charge >= 0.3 is 23.9 Å². The Kier molecular flexibility index (Phi) is 7.50. The van der Waals surface area contributed by atoms with Gasteiger partial charge in [0.05, 0.1) is 25.7 Å². The molecule has 1 aliphatic carbocycles. The van der Waals surface area contributed by atoms with Crippen LogP contribution in [0.25, 0.3) is 0 Å². The van der Waals surface area contributed by atoms with Crippen molar-refractivity contribution in [1.82, 2.24) is 9.46 Å². The highest BCUT2D eigenvalue weighted by Gasteiger charge is 2.37. The van der Waals surface area contributed by atoms with Gasteiger partial charge in [-0.05, 0) is 12.8 Å². The maximum absolute atomic E-state index is 12.0. The Morgan fingerprint density at radius 2 is 0.912 bits per heavy atom. The zero-order valence-corrected chi connectivity index (χ0v) is 17.7. The van der Waals surface area contributed by atoms with E-state index in [1.54, 1.807) is 0 Å². The SMILES string of the molecule is O=C(CCC(=O)On1c(O)ccc1O)OC1CCC1OC(=O)CCC(=O)On1c(O)ccc1O. The molecule has 1 fully saturated rings. The smallest absolute Gasteiger partial charge is 0.333 e. The summed E-state index contributed by atoms with van der Waals surface area (Å²) in [6, 6.07) is 4.43. The second-order valence-corrected chi connectivity index (χ2v) is 7.25. The van der Waals surface area contributed by atoms with E-state index < -0.39 is 59.6 Å². The Labute approximate surface area is 191 Å². The van der Waals surface area contributed by atoms with E-state index in [1.807, 2.05) is 0 Å². The largest absolute Gasteiger partial charge is 0.492 e. The fourth-order valence-corrected chi connectivity index (χ4v) is 2.86. The maximum Gasteiger partial charge on any atom is 0.333 e. The first kappa shape index (κ1) is 24.3. The van der Waals surface area contributed by atoms with Gasteiger partial charge in [-0.3, -0.25) is 9.59 Å². The first-order valence-corrected chi connectivity index (χ1v) is 10.1. The molecule has 14 nitrogen and oxygen atoms in total. The lowest BCUT2D eigenvalue weighted by Gasteiger charge is -2.35. The van der Waals surface area contributed by atoms with Crippen LogP contribution in [0.3, 0.4) is 0 Å². The van der Waals surface area contributed by atoms with Crippen molar-refractivity contribution in [2.45, 2.75) is 50.7 Å². The third-order valence-electron chi connectivity index (χ3n) is 4.76. The Morgan fingerprint density at radius 1 is 0.618 bits per heavy atom. The molecule has 0 spiro atoms. The summed E-state index contributed by atoms with van der Waals surface area (Å²) in [7, 11) is 0. The number of hydrogen-bond acceptors (Lipinski definition) is 12. The quantitative estimate of drug-likeness (QED) is 0.329. The van der Waals surface area contributed by atoms with Crippen molar-refractivity contribution in [2.24, 2.45) is 0 Å². The average Bonchev–Trinajstić information content (AvgIpc) is 3.27. The van der Waals surface area contributed by atoms with E-state index in [4.69, 9.17) is 19.1 Å². The number of carbonyl (C=O) groups is 4. The molecule has 1 saturated carbocycles. The van der Waals surface area contributed by atoms with Crippen molar-refractivity contribution in [3.05, 3.63) is 24.3 Å². The van der Waals surface area contributed by atoms with E-state index in [2.05, 4.69) is 0 Å². The molecule has 2 aromatic heterocycles. The van der Waals surface area contributed by atoms with Crippen LogP contribution in [0.5, 0.6) is 23.5 Å². The van der Waals surface area contributed by atoms with Crippen molar-refractivity contribution in [3.63, 3.8) is 0 Å². The maximum atomic E-state index is 12.0. The predicted octanol–water partition coefficient (Wildman–Crippen LogP) is -0.0996. The van der Waals surface area contributed by atoms with Crippen molar-refractivity contribution < 1.29 is 58.8 Å². The van der Waals surface area contributed by atoms with Gasteiger partial charge in [0.2, 0.25) is 23.5 Å². The summed E-state index contributed by atoms with van der Waals surface area (Å²) >= 11 is 0. The Balaban J connectivity index is 1.34. The van der Waals surface area contributed by atoms with Crippen molar-refractivity contribution in [2.75, 3.05) is 0 Å². The van der Waals surface area contributed by atoms with Crippen LogP contribution in [0.2, 0.25) is 0 Å². The average molecular weight is 482 g/mol. The Bertz CT molecular complexity index is 949. The van der Waals surface area contributed by atoms with Gasteiger partial charge in [0.15, 0.2) is 0 Å². The van der Waals surface area contributed by atoms with E-state index in [1.165, 1.54) is 0 Å². The first-order valence-electron chi connectivity index (χ1n) is 10.1. The summed E-state index contributed by atoms with van der Waals surface area (Å²) in [5, 5.41) is 37.6. The lowest BCUT2D eigenvalue weighted by Crippen LogP contribution is -2.43. The van der Waals surface area contributed by atoms with Gasteiger partial charge in [0.1, 0.15) is 12.2 Å². The van der Waals surface area contributed by atoms with Crippen LogP contribution in [0.4, 0.5) is 0 Å². The minimum Gasteiger partial charge on any atom is -0.492 e. The second-order valence-electron chi connectivity index (χ2n) is 7.25. The van der Waals surface area contributed by atoms with E-state index in [0.717, 1.165) is 24.3 Å². The molecule has 2 atom stereocenters. The van der Waals surface area contributed by atoms with Crippen LogP contribution in [0.1, 0.15) is 38.5 Å². The molecular formula is C20H22N2O12. The van der Waals surface area contributed by atoms with Crippen LogP contribution >= 0.6 is 0 Å². The van der Waals surface area contributed by atoms with Crippen molar-refractivity contribution in [1.29, 1.82) is 0 Å². The van der Waals surface area contributed by atoms with Crippen LogP contribution in [-0.4, -0.2) is 66.0 Å². The second kappa shape index (κ2) is 10.5. The molecule has 2 unspecified atom stereocenters. The molecule has 3 rings (SSSR count). The summed E-state index contributed by atoms with van der Waals surface area (Å²) in [6.07, 6.45) is -1.99. The number of carbonyl (C=O) groups excluding carboxylic acids is 4. The fraction of sp³-hybridized carbons (Fsp3) is 0.400. The lowest BCUT2D eigenvalue weighted by atomic mass is 9.91. The number of nitrogens with zero attached hydrogens (tertiary/aromatic N) is 2. The number of esters is 2. The minimum atomic E-state index is -0.899. The topological polar surface area (TPSA) is 196 Å². The van der Waals surface area contributed by atoms with Crippen LogP contribution in [-0.2, 0) is 28.7 Å². The van der Waals surface area contributed by atoms with Crippen molar-refractivity contribution >= 4 is 23.9 Å². The highest BCUT2D eigenvalue weighted by atomic mass is 16.7. The molecule has 34 heavy (non-hydrogen) atoms. The monoisotopic (exact) mass is 482 g/mol. The van der Waals surface area contributed by atoms with Gasteiger partial charge in [0.25, 0.3) is 0 Å². The Morgan fingerprint density at radius 3 is 1.21 bits per heavy atom. The third kappa shape index (κ3) is 6.11. The number of hydrogen-bond donors (Lipinski definition) is 4. The number of rotatable bonds is 10. The Hall–Kier alpha value is -4.36. The van der Waals surface area contributed by atoms with E-state index in [0.29, 0.717) is 22.3 Å². The molecule has 0 bridgehead atoms. The zero-order chi connectivity index (χ0) is 24.8. The summed E-state index contributed by atoms with van der Waals surface area (Å²) in [5.41, 5.74) is 0. The highest BCUT2D eigenvalue weighted by Crippen LogP contribution is 2.28. The molecule has 0 saturated heterocycles. The molecule has 0 aliphatic heterocycles. The van der Waals surface area contributed by atoms with Gasteiger partial charge in [-0.2, -0.15) is 0 Å². The van der Waals surface area contributed by atoms with E-state index >= 15 is 0 Å². The van der Waals surface area contributed by atoms with Gasteiger partial charge < -0.3 is 39.6 Å². The lowest BCUT2D eigenvalue weighted by molar-refractivity contribution is -0.181. The van der Waals surface area contributed by atoms with E-state index in [-0.39, 0.29) is 25.7 Å². The summed E-state index contributed by atoms with van der Waals surface area (Å²) in [5.74, 6) is -5.27. The van der Waals surface area contributed by atoms with Gasteiger partial charge in [-0.15, -0.1) is 9.46 Å². The van der Waals surface area contributed by atoms with Crippen LogP contribution < -0.4 is 9.68 Å². The van der Waals surface area contributed by atoms with Crippen molar-refractivity contribution in [3.8, 4) is 23.5 Å². The summed E-state index contributed by atoms with van der Waals surface area (Å²) < 4.78 is 11.3. The molecule has 14 heteroatoms. The minimum absolute atomic E-state index is 0.344. The first-order chi connectivity index (χ1) is 16.1. The summed E-state index contributed by atoms with van der Waals surface area (Å²) in [6.45, 7) is 0.